The Morgan fingerprint density at radius 2 is 2.38 bits per heavy atom. The molecule has 0 fully saturated rings. The predicted molar refractivity (Wildman–Crippen MR) is 49.1 cm³/mol. The number of aryl methyl sites for hydroxylation is 1. The summed E-state index contributed by atoms with van der Waals surface area (Å²) in [5.74, 6) is -0.845. The molecule has 2 N–H and O–H groups in total. The van der Waals surface area contributed by atoms with Crippen LogP contribution in [0.15, 0.2) is 0 Å². The number of halogens is 1. The Kier molecular flexibility index (Phi) is 3.31. The van der Waals surface area contributed by atoms with E-state index in [1.54, 1.807) is 0 Å². The number of nitrogens with zero attached hydrogens (tertiary/aromatic N) is 1. The molecule has 13 heavy (non-hydrogen) atoms. The molecular formula is C8H11ClN2O2. The summed E-state index contributed by atoms with van der Waals surface area (Å²) in [5.41, 5.74) is 1.48. The molecule has 0 aliphatic rings. The first-order valence-electron chi connectivity index (χ1n) is 4.06. The fourth-order valence-corrected chi connectivity index (χ4v) is 1.47. The number of carboxylic acid groups (broad SMARTS) is 1. The van der Waals surface area contributed by atoms with E-state index in [1.165, 1.54) is 0 Å². The molecule has 0 aliphatic heterocycles. The molecule has 1 aromatic rings. The van der Waals surface area contributed by atoms with Gasteiger partial charge in [0, 0.05) is 11.3 Å². The molecule has 0 amide bonds. The molecule has 1 aromatic heterocycles. The van der Waals surface area contributed by atoms with Crippen molar-refractivity contribution >= 4 is 17.6 Å². The lowest BCUT2D eigenvalue weighted by molar-refractivity contribution is 0.0689. The molecule has 0 aliphatic carbocycles. The van der Waals surface area contributed by atoms with Crippen molar-refractivity contribution in [1.82, 2.24) is 10.2 Å². The van der Waals surface area contributed by atoms with E-state index in [9.17, 15) is 4.79 Å². The maximum atomic E-state index is 10.7. The average molecular weight is 203 g/mol. The van der Waals surface area contributed by atoms with Crippen LogP contribution in [-0.2, 0) is 12.3 Å². The lowest BCUT2D eigenvalue weighted by atomic mass is 10.1. The van der Waals surface area contributed by atoms with Crippen LogP contribution >= 0.6 is 11.6 Å². The first-order valence-corrected chi connectivity index (χ1v) is 4.59. The third-order valence-corrected chi connectivity index (χ3v) is 2.06. The number of nitrogens with one attached hydrogen (secondary N) is 1. The molecule has 0 saturated heterocycles. The lowest BCUT2D eigenvalue weighted by Gasteiger charge is -1.97. The summed E-state index contributed by atoms with van der Waals surface area (Å²) in [6, 6.07) is 0. The monoisotopic (exact) mass is 202 g/mol. The van der Waals surface area contributed by atoms with Crippen LogP contribution in [0.25, 0.3) is 0 Å². The summed E-state index contributed by atoms with van der Waals surface area (Å²) in [7, 11) is 0. The van der Waals surface area contributed by atoms with Gasteiger partial charge in [0.15, 0.2) is 5.69 Å². The summed E-state index contributed by atoms with van der Waals surface area (Å²) in [5, 5.41) is 15.1. The van der Waals surface area contributed by atoms with Gasteiger partial charge in [-0.15, -0.1) is 11.6 Å². The molecule has 72 valence electrons. The lowest BCUT2D eigenvalue weighted by Crippen LogP contribution is -2.00. The molecule has 0 saturated carbocycles. The van der Waals surface area contributed by atoms with Crippen LogP contribution < -0.4 is 0 Å². The fourth-order valence-electron chi connectivity index (χ4n) is 1.18. The van der Waals surface area contributed by atoms with E-state index >= 15 is 0 Å². The van der Waals surface area contributed by atoms with E-state index in [0.29, 0.717) is 5.56 Å². The highest BCUT2D eigenvalue weighted by Crippen LogP contribution is 2.15. The molecule has 4 nitrogen and oxygen atoms in total. The number of H-pyrrole nitrogens is 1. The van der Waals surface area contributed by atoms with Gasteiger partial charge in [-0.25, -0.2) is 4.79 Å². The van der Waals surface area contributed by atoms with Gasteiger partial charge in [0.2, 0.25) is 0 Å². The van der Waals surface area contributed by atoms with Crippen LogP contribution in [0.5, 0.6) is 0 Å². The van der Waals surface area contributed by atoms with E-state index in [4.69, 9.17) is 16.7 Å². The summed E-state index contributed by atoms with van der Waals surface area (Å²) >= 11 is 5.64. The first kappa shape index (κ1) is 10.1. The minimum Gasteiger partial charge on any atom is -0.476 e. The Morgan fingerprint density at radius 1 is 1.69 bits per heavy atom. The van der Waals surface area contributed by atoms with Crippen molar-refractivity contribution in [2.45, 2.75) is 25.6 Å². The van der Waals surface area contributed by atoms with Gasteiger partial charge >= 0.3 is 5.97 Å². The molecule has 1 rings (SSSR count). The Labute approximate surface area is 80.9 Å². The van der Waals surface area contributed by atoms with E-state index in [-0.39, 0.29) is 11.6 Å². The van der Waals surface area contributed by atoms with Crippen molar-refractivity contribution in [2.24, 2.45) is 0 Å². The number of aromatic amines is 1. The van der Waals surface area contributed by atoms with Crippen LogP contribution in [0.4, 0.5) is 0 Å². The number of aromatic nitrogens is 2. The number of carbonyl (C=O) groups is 1. The van der Waals surface area contributed by atoms with Gasteiger partial charge in [-0.2, -0.15) is 5.10 Å². The van der Waals surface area contributed by atoms with E-state index in [0.717, 1.165) is 18.5 Å². The molecular weight excluding hydrogens is 192 g/mol. The Bertz CT molecular complexity index is 309. The standard InChI is InChI=1S/C8H11ClN2O2/c1-2-3-6-5(4-9)7(8(12)13)11-10-6/h2-4H2,1H3,(H,10,11)(H,12,13). The van der Waals surface area contributed by atoms with Crippen molar-refractivity contribution < 1.29 is 9.90 Å². The van der Waals surface area contributed by atoms with Crippen molar-refractivity contribution in [2.75, 3.05) is 0 Å². The van der Waals surface area contributed by atoms with Crippen LogP contribution in [0.2, 0.25) is 0 Å². The highest BCUT2D eigenvalue weighted by molar-refractivity contribution is 6.17. The van der Waals surface area contributed by atoms with Crippen molar-refractivity contribution in [3.05, 3.63) is 17.0 Å². The van der Waals surface area contributed by atoms with Crippen LogP contribution in [-0.4, -0.2) is 21.3 Å². The van der Waals surface area contributed by atoms with Crippen LogP contribution in [0.1, 0.15) is 35.1 Å². The number of hydrogen-bond acceptors (Lipinski definition) is 2. The Balaban J connectivity index is 3.03. The predicted octanol–water partition coefficient (Wildman–Crippen LogP) is 1.80. The zero-order chi connectivity index (χ0) is 9.84. The van der Waals surface area contributed by atoms with Crippen molar-refractivity contribution in [3.63, 3.8) is 0 Å². The number of carboxylic acids is 1. The second kappa shape index (κ2) is 4.28. The van der Waals surface area contributed by atoms with E-state index in [2.05, 4.69) is 10.2 Å². The third-order valence-electron chi connectivity index (χ3n) is 1.79. The molecule has 0 spiro atoms. The topological polar surface area (TPSA) is 66.0 Å². The van der Waals surface area contributed by atoms with Gasteiger partial charge in [0.1, 0.15) is 0 Å². The SMILES string of the molecule is CCCc1[nH]nc(C(=O)O)c1CCl. The number of rotatable bonds is 4. The van der Waals surface area contributed by atoms with Gasteiger partial charge in [-0.05, 0) is 6.42 Å². The summed E-state index contributed by atoms with van der Waals surface area (Å²) in [6.45, 7) is 2.01. The third kappa shape index (κ3) is 2.01. The minimum atomic E-state index is -1.03. The smallest absolute Gasteiger partial charge is 0.356 e. The second-order valence-electron chi connectivity index (χ2n) is 2.72. The quantitative estimate of drug-likeness (QED) is 0.732. The van der Waals surface area contributed by atoms with Crippen LogP contribution in [0.3, 0.4) is 0 Å². The summed E-state index contributed by atoms with van der Waals surface area (Å²) < 4.78 is 0. The zero-order valence-electron chi connectivity index (χ0n) is 7.30. The van der Waals surface area contributed by atoms with Gasteiger partial charge in [0.25, 0.3) is 0 Å². The minimum absolute atomic E-state index is 0.0402. The van der Waals surface area contributed by atoms with Gasteiger partial charge in [-0.3, -0.25) is 5.10 Å². The largest absolute Gasteiger partial charge is 0.476 e. The highest BCUT2D eigenvalue weighted by atomic mass is 35.5. The zero-order valence-corrected chi connectivity index (χ0v) is 8.06. The molecule has 5 heteroatoms. The maximum Gasteiger partial charge on any atom is 0.356 e. The molecule has 1 heterocycles. The number of hydrogen-bond donors (Lipinski definition) is 2. The normalized spacial score (nSPS) is 10.3. The first-order chi connectivity index (χ1) is 6.20. The molecule has 0 aromatic carbocycles. The van der Waals surface area contributed by atoms with Gasteiger partial charge < -0.3 is 5.11 Å². The van der Waals surface area contributed by atoms with Crippen molar-refractivity contribution in [1.29, 1.82) is 0 Å². The average Bonchev–Trinajstić information content (AvgIpc) is 2.48. The highest BCUT2D eigenvalue weighted by Gasteiger charge is 2.16. The van der Waals surface area contributed by atoms with E-state index < -0.39 is 5.97 Å². The van der Waals surface area contributed by atoms with E-state index in [1.807, 2.05) is 6.92 Å². The van der Waals surface area contributed by atoms with Gasteiger partial charge in [-0.1, -0.05) is 13.3 Å². The molecule has 0 bridgehead atoms. The summed E-state index contributed by atoms with van der Waals surface area (Å²) in [4.78, 5) is 10.7. The maximum absolute atomic E-state index is 10.7. The fraction of sp³-hybridized carbons (Fsp3) is 0.500. The van der Waals surface area contributed by atoms with Crippen LogP contribution in [0, 0.1) is 0 Å². The molecule has 0 radical (unpaired) electrons. The molecule has 0 unspecified atom stereocenters. The number of alkyl halides is 1. The number of aromatic carboxylic acids is 1. The Hall–Kier alpha value is -1.03. The van der Waals surface area contributed by atoms with Gasteiger partial charge in [0.05, 0.1) is 5.88 Å². The second-order valence-corrected chi connectivity index (χ2v) is 2.99. The Morgan fingerprint density at radius 3 is 2.85 bits per heavy atom. The van der Waals surface area contributed by atoms with Crippen molar-refractivity contribution in [3.8, 4) is 0 Å². The molecule has 0 atom stereocenters. The summed E-state index contributed by atoms with van der Waals surface area (Å²) in [6.07, 6.45) is 1.72.